The number of carbonyl (C=O) groups is 4. The zero-order valence-corrected chi connectivity index (χ0v) is 19.0. The molecule has 4 amide bonds. The first kappa shape index (κ1) is 23.2. The van der Waals surface area contributed by atoms with Gasteiger partial charge in [0.05, 0.1) is 18.6 Å². The van der Waals surface area contributed by atoms with Crippen LogP contribution in [0.25, 0.3) is 6.08 Å². The molecule has 10 nitrogen and oxygen atoms in total. The average molecular weight is 484 g/mol. The maximum Gasteiger partial charge on any atom is 0.293 e. The second-order valence-electron chi connectivity index (χ2n) is 7.21. The molecule has 2 aliphatic rings. The van der Waals surface area contributed by atoms with Gasteiger partial charge in [0, 0.05) is 18.7 Å². The number of nitrogens with zero attached hydrogens (tertiary/aromatic N) is 1. The van der Waals surface area contributed by atoms with E-state index in [1.54, 1.807) is 48.5 Å². The van der Waals surface area contributed by atoms with E-state index in [0.29, 0.717) is 28.4 Å². The van der Waals surface area contributed by atoms with Gasteiger partial charge in [-0.05, 0) is 59.8 Å². The number of benzene rings is 2. The molecule has 1 saturated heterocycles. The fourth-order valence-electron chi connectivity index (χ4n) is 3.22. The van der Waals surface area contributed by atoms with Gasteiger partial charge in [-0.3, -0.25) is 24.1 Å². The number of hydrogen-bond acceptors (Lipinski definition) is 8. The number of carbonyl (C=O) groups excluding carboxylic acids is 4. The van der Waals surface area contributed by atoms with E-state index >= 15 is 0 Å². The van der Waals surface area contributed by atoms with Crippen LogP contribution in [0.5, 0.6) is 17.2 Å². The average Bonchev–Trinajstić information content (AvgIpc) is 3.42. The van der Waals surface area contributed by atoms with Crippen LogP contribution in [0.4, 0.5) is 4.79 Å². The fourth-order valence-corrected chi connectivity index (χ4v) is 4.09. The minimum atomic E-state index is -0.440. The van der Waals surface area contributed by atoms with Crippen molar-refractivity contribution in [1.29, 1.82) is 0 Å². The lowest BCUT2D eigenvalue weighted by Crippen LogP contribution is -2.41. The molecule has 11 heteroatoms. The number of amides is 4. The SMILES string of the molecule is COc1ccc(C(=O)NCC(=O)NCCN2C(=O)S/C(=C\c3ccc4c(c3)OCO4)C2=O)cc1. The van der Waals surface area contributed by atoms with Gasteiger partial charge >= 0.3 is 0 Å². The summed E-state index contributed by atoms with van der Waals surface area (Å²) in [5, 5.41) is 4.68. The van der Waals surface area contributed by atoms with E-state index in [2.05, 4.69) is 10.6 Å². The van der Waals surface area contributed by atoms with Crippen LogP contribution < -0.4 is 24.8 Å². The molecule has 0 radical (unpaired) electrons. The third kappa shape index (κ3) is 5.31. The Hall–Kier alpha value is -3.99. The molecular formula is C23H21N3O7S. The van der Waals surface area contributed by atoms with Crippen molar-refractivity contribution in [3.8, 4) is 17.2 Å². The number of imide groups is 1. The summed E-state index contributed by atoms with van der Waals surface area (Å²) in [5.74, 6) is 0.542. The molecule has 0 atom stereocenters. The number of ether oxygens (including phenoxy) is 3. The fraction of sp³-hybridized carbons (Fsp3) is 0.217. The summed E-state index contributed by atoms with van der Waals surface area (Å²) < 4.78 is 15.6. The molecule has 176 valence electrons. The second-order valence-corrected chi connectivity index (χ2v) is 8.20. The highest BCUT2D eigenvalue weighted by Crippen LogP contribution is 2.36. The van der Waals surface area contributed by atoms with Crippen LogP contribution in [0.1, 0.15) is 15.9 Å². The molecule has 0 aromatic heterocycles. The molecule has 0 aliphatic carbocycles. The van der Waals surface area contributed by atoms with Gasteiger partial charge in [0.25, 0.3) is 17.1 Å². The Bertz CT molecular complexity index is 1160. The molecule has 0 bridgehead atoms. The minimum absolute atomic E-state index is 0.0152. The van der Waals surface area contributed by atoms with Gasteiger partial charge < -0.3 is 24.8 Å². The smallest absolute Gasteiger partial charge is 0.293 e. The lowest BCUT2D eigenvalue weighted by atomic mass is 10.2. The lowest BCUT2D eigenvalue weighted by Gasteiger charge is -2.13. The number of hydrogen-bond donors (Lipinski definition) is 2. The molecule has 2 aromatic carbocycles. The topological polar surface area (TPSA) is 123 Å². The van der Waals surface area contributed by atoms with Crippen LogP contribution in [0.15, 0.2) is 47.4 Å². The highest BCUT2D eigenvalue weighted by Gasteiger charge is 2.34. The molecule has 2 aromatic rings. The summed E-state index contributed by atoms with van der Waals surface area (Å²) in [5.41, 5.74) is 1.09. The Morgan fingerprint density at radius 1 is 1.09 bits per heavy atom. The third-order valence-electron chi connectivity index (χ3n) is 4.99. The first-order valence-corrected chi connectivity index (χ1v) is 11.1. The first-order valence-electron chi connectivity index (χ1n) is 10.3. The van der Waals surface area contributed by atoms with Gasteiger partial charge in [-0.2, -0.15) is 0 Å². The Kier molecular flexibility index (Phi) is 7.02. The molecule has 0 unspecified atom stereocenters. The Morgan fingerprint density at radius 2 is 1.85 bits per heavy atom. The molecule has 34 heavy (non-hydrogen) atoms. The molecule has 2 N–H and O–H groups in total. The summed E-state index contributed by atoms with van der Waals surface area (Å²) in [4.78, 5) is 50.4. The number of rotatable bonds is 8. The van der Waals surface area contributed by atoms with Crippen molar-refractivity contribution in [1.82, 2.24) is 15.5 Å². The van der Waals surface area contributed by atoms with E-state index in [-0.39, 0.29) is 31.3 Å². The van der Waals surface area contributed by atoms with Crippen LogP contribution >= 0.6 is 11.8 Å². The zero-order valence-electron chi connectivity index (χ0n) is 18.2. The summed E-state index contributed by atoms with van der Waals surface area (Å²) in [6.45, 7) is -0.0170. The van der Waals surface area contributed by atoms with E-state index in [1.807, 2.05) is 0 Å². The summed E-state index contributed by atoms with van der Waals surface area (Å²) in [6.07, 6.45) is 1.61. The highest BCUT2D eigenvalue weighted by molar-refractivity contribution is 8.18. The van der Waals surface area contributed by atoms with E-state index in [9.17, 15) is 19.2 Å². The molecule has 1 fully saturated rings. The van der Waals surface area contributed by atoms with Gasteiger partial charge in [-0.15, -0.1) is 0 Å². The molecule has 4 rings (SSSR count). The van der Waals surface area contributed by atoms with Crippen molar-refractivity contribution in [2.45, 2.75) is 0 Å². The van der Waals surface area contributed by atoms with E-state index in [4.69, 9.17) is 14.2 Å². The Labute approximate surface area is 199 Å². The highest BCUT2D eigenvalue weighted by atomic mass is 32.2. The number of methoxy groups -OCH3 is 1. The summed E-state index contributed by atoms with van der Waals surface area (Å²) in [7, 11) is 1.53. The number of nitrogens with one attached hydrogen (secondary N) is 2. The van der Waals surface area contributed by atoms with Crippen molar-refractivity contribution >= 4 is 40.8 Å². The quantitative estimate of drug-likeness (QED) is 0.547. The van der Waals surface area contributed by atoms with Crippen molar-refractivity contribution < 1.29 is 33.4 Å². The number of thioether (sulfide) groups is 1. The maximum atomic E-state index is 12.6. The predicted octanol–water partition coefficient (Wildman–Crippen LogP) is 2.01. The van der Waals surface area contributed by atoms with Gasteiger partial charge in [0.1, 0.15) is 5.75 Å². The molecule has 0 spiro atoms. The van der Waals surface area contributed by atoms with Gasteiger partial charge in [0.15, 0.2) is 11.5 Å². The molecule has 2 heterocycles. The maximum absolute atomic E-state index is 12.6. The van der Waals surface area contributed by atoms with Crippen molar-refractivity contribution in [3.63, 3.8) is 0 Å². The number of fused-ring (bicyclic) bond motifs is 1. The van der Waals surface area contributed by atoms with Crippen molar-refractivity contribution in [2.24, 2.45) is 0 Å². The van der Waals surface area contributed by atoms with Crippen LogP contribution in [0.2, 0.25) is 0 Å². The standard InChI is InChI=1S/C23H21N3O7S/c1-31-16-5-3-15(4-6-16)21(28)25-12-20(27)24-8-9-26-22(29)19(34-23(26)30)11-14-2-7-17-18(10-14)33-13-32-17/h2-7,10-11H,8-9,12-13H2,1H3,(H,24,27)(H,25,28)/b19-11-. The summed E-state index contributed by atoms with van der Waals surface area (Å²) >= 11 is 0.831. The van der Waals surface area contributed by atoms with Crippen LogP contribution in [-0.2, 0) is 9.59 Å². The third-order valence-corrected chi connectivity index (χ3v) is 5.89. The van der Waals surface area contributed by atoms with Gasteiger partial charge in [-0.1, -0.05) is 6.07 Å². The largest absolute Gasteiger partial charge is 0.497 e. The van der Waals surface area contributed by atoms with Gasteiger partial charge in [-0.25, -0.2) is 0 Å². The normalized spacial score (nSPS) is 15.6. The first-order chi connectivity index (χ1) is 16.4. The molecule has 2 aliphatic heterocycles. The van der Waals surface area contributed by atoms with Crippen molar-refractivity contribution in [2.75, 3.05) is 33.5 Å². The van der Waals surface area contributed by atoms with Gasteiger partial charge in [0.2, 0.25) is 12.7 Å². The second kappa shape index (κ2) is 10.3. The van der Waals surface area contributed by atoms with Crippen LogP contribution in [0.3, 0.4) is 0 Å². The molecular weight excluding hydrogens is 462 g/mol. The van der Waals surface area contributed by atoms with E-state index in [0.717, 1.165) is 16.7 Å². The minimum Gasteiger partial charge on any atom is -0.497 e. The van der Waals surface area contributed by atoms with Crippen LogP contribution in [-0.4, -0.2) is 61.4 Å². The molecule has 0 saturated carbocycles. The van der Waals surface area contributed by atoms with E-state index < -0.39 is 23.0 Å². The summed E-state index contributed by atoms with van der Waals surface area (Å²) in [6, 6.07) is 11.7. The Balaban J connectivity index is 1.24. The van der Waals surface area contributed by atoms with Crippen LogP contribution in [0, 0.1) is 0 Å². The Morgan fingerprint density at radius 3 is 2.62 bits per heavy atom. The van der Waals surface area contributed by atoms with Crippen molar-refractivity contribution in [3.05, 3.63) is 58.5 Å². The monoisotopic (exact) mass is 483 g/mol. The zero-order chi connectivity index (χ0) is 24.1. The lowest BCUT2D eigenvalue weighted by molar-refractivity contribution is -0.124. The van der Waals surface area contributed by atoms with E-state index in [1.165, 1.54) is 7.11 Å². The predicted molar refractivity (Wildman–Crippen MR) is 124 cm³/mol.